The molecule has 0 saturated carbocycles. The number of ether oxygens (including phenoxy) is 2. The predicted molar refractivity (Wildman–Crippen MR) is 123 cm³/mol. The highest BCUT2D eigenvalue weighted by Crippen LogP contribution is 2.30. The number of nitrogens with zero attached hydrogens (tertiary/aromatic N) is 1. The third kappa shape index (κ3) is 7.08. The summed E-state index contributed by atoms with van der Waals surface area (Å²) in [5.41, 5.74) is 2.42. The number of amides is 1. The summed E-state index contributed by atoms with van der Waals surface area (Å²) < 4.78 is 11.0. The molecule has 0 spiro atoms. The smallest absolute Gasteiger partial charge is 0.222 e. The monoisotopic (exact) mass is 411 g/mol. The average molecular weight is 412 g/mol. The Balaban J connectivity index is 2.07. The maximum atomic E-state index is 12.6. The Morgan fingerprint density at radius 2 is 1.53 bits per heavy atom. The van der Waals surface area contributed by atoms with E-state index >= 15 is 0 Å². The fourth-order valence-corrected chi connectivity index (χ4v) is 3.71. The van der Waals surface area contributed by atoms with Crippen molar-refractivity contribution >= 4 is 5.91 Å². The minimum Gasteiger partial charge on any atom is -0.497 e. The van der Waals surface area contributed by atoms with Crippen molar-refractivity contribution in [3.63, 3.8) is 0 Å². The van der Waals surface area contributed by atoms with Gasteiger partial charge in [0.15, 0.2) is 0 Å². The fourth-order valence-electron chi connectivity index (χ4n) is 3.71. The Labute approximate surface area is 182 Å². The lowest BCUT2D eigenvalue weighted by molar-refractivity contribution is -0.131. The number of benzene rings is 2. The van der Waals surface area contributed by atoms with Crippen LogP contribution in [-0.2, 0) is 11.3 Å². The SMILES string of the molecule is CCC(=O)N(CC[C@@H](c1ccc(OC)cc1)C(C)C)Cc1ccc(OC(C)C)cc1. The van der Waals surface area contributed by atoms with Gasteiger partial charge in [0.25, 0.3) is 0 Å². The summed E-state index contributed by atoms with van der Waals surface area (Å²) in [7, 11) is 1.69. The van der Waals surface area contributed by atoms with Gasteiger partial charge in [-0.15, -0.1) is 0 Å². The van der Waals surface area contributed by atoms with Crippen molar-refractivity contribution in [3.8, 4) is 11.5 Å². The van der Waals surface area contributed by atoms with E-state index in [2.05, 4.69) is 38.1 Å². The number of rotatable bonds is 11. The molecule has 0 aliphatic heterocycles. The van der Waals surface area contributed by atoms with E-state index in [4.69, 9.17) is 9.47 Å². The number of carbonyl (C=O) groups excluding carboxylic acids is 1. The molecule has 0 unspecified atom stereocenters. The first kappa shape index (κ1) is 23.8. The summed E-state index contributed by atoms with van der Waals surface area (Å²) in [5, 5.41) is 0. The van der Waals surface area contributed by atoms with Crippen LogP contribution in [0.1, 0.15) is 64.5 Å². The Morgan fingerprint density at radius 3 is 2.03 bits per heavy atom. The summed E-state index contributed by atoms with van der Waals surface area (Å²) in [6.45, 7) is 11.8. The van der Waals surface area contributed by atoms with E-state index in [1.807, 2.05) is 49.9 Å². The van der Waals surface area contributed by atoms with E-state index in [-0.39, 0.29) is 12.0 Å². The highest BCUT2D eigenvalue weighted by atomic mass is 16.5. The van der Waals surface area contributed by atoms with Gasteiger partial charge in [-0.3, -0.25) is 4.79 Å². The van der Waals surface area contributed by atoms with E-state index in [0.717, 1.165) is 30.0 Å². The van der Waals surface area contributed by atoms with E-state index in [9.17, 15) is 4.79 Å². The van der Waals surface area contributed by atoms with Crippen molar-refractivity contribution in [3.05, 3.63) is 59.7 Å². The highest BCUT2D eigenvalue weighted by Gasteiger charge is 2.20. The zero-order valence-electron chi connectivity index (χ0n) is 19.4. The molecule has 0 saturated heterocycles. The van der Waals surface area contributed by atoms with Gasteiger partial charge in [0.2, 0.25) is 5.91 Å². The minimum absolute atomic E-state index is 0.153. The zero-order valence-corrected chi connectivity index (χ0v) is 19.4. The Morgan fingerprint density at radius 1 is 0.933 bits per heavy atom. The Bertz CT molecular complexity index is 766. The van der Waals surface area contributed by atoms with Crippen LogP contribution in [0, 0.1) is 5.92 Å². The lowest BCUT2D eigenvalue weighted by atomic mass is 9.85. The molecule has 0 bridgehead atoms. The molecule has 0 radical (unpaired) electrons. The van der Waals surface area contributed by atoms with Crippen LogP contribution in [0.3, 0.4) is 0 Å². The van der Waals surface area contributed by atoms with Gasteiger partial charge >= 0.3 is 0 Å². The molecule has 0 aliphatic carbocycles. The van der Waals surface area contributed by atoms with E-state index < -0.39 is 0 Å². The van der Waals surface area contributed by atoms with Crippen molar-refractivity contribution < 1.29 is 14.3 Å². The quantitative estimate of drug-likeness (QED) is 0.452. The largest absolute Gasteiger partial charge is 0.497 e. The molecule has 4 heteroatoms. The van der Waals surface area contributed by atoms with Crippen LogP contribution >= 0.6 is 0 Å². The normalized spacial score (nSPS) is 12.1. The van der Waals surface area contributed by atoms with Crippen molar-refractivity contribution in [1.29, 1.82) is 0 Å². The van der Waals surface area contributed by atoms with Gasteiger partial charge in [-0.05, 0) is 67.5 Å². The molecule has 0 heterocycles. The second kappa shape index (κ2) is 11.6. The average Bonchev–Trinajstić information content (AvgIpc) is 2.73. The lowest BCUT2D eigenvalue weighted by Gasteiger charge is -2.27. The predicted octanol–water partition coefficient (Wildman–Crippen LogP) is 6.05. The fraction of sp³-hybridized carbons (Fsp3) is 0.500. The molecule has 2 aromatic rings. The van der Waals surface area contributed by atoms with Gasteiger partial charge in [0.05, 0.1) is 13.2 Å². The molecule has 0 N–H and O–H groups in total. The van der Waals surface area contributed by atoms with Crippen molar-refractivity contribution in [2.75, 3.05) is 13.7 Å². The summed E-state index contributed by atoms with van der Waals surface area (Å²) in [5.74, 6) is 2.81. The second-order valence-corrected chi connectivity index (χ2v) is 8.39. The summed E-state index contributed by atoms with van der Waals surface area (Å²) in [6, 6.07) is 16.4. The summed E-state index contributed by atoms with van der Waals surface area (Å²) in [4.78, 5) is 14.6. The van der Waals surface area contributed by atoms with Crippen LogP contribution in [0.15, 0.2) is 48.5 Å². The van der Waals surface area contributed by atoms with Gasteiger partial charge in [0, 0.05) is 19.5 Å². The molecule has 2 rings (SSSR count). The third-order valence-corrected chi connectivity index (χ3v) is 5.38. The highest BCUT2D eigenvalue weighted by molar-refractivity contribution is 5.75. The van der Waals surface area contributed by atoms with Crippen LogP contribution in [0.2, 0.25) is 0 Å². The molecule has 0 fully saturated rings. The van der Waals surface area contributed by atoms with E-state index in [1.54, 1.807) is 7.11 Å². The number of methoxy groups -OCH3 is 1. The lowest BCUT2D eigenvalue weighted by Crippen LogP contribution is -2.32. The van der Waals surface area contributed by atoms with E-state index in [1.165, 1.54) is 5.56 Å². The standard InChI is InChI=1S/C26H37NO3/c1-7-26(28)27(18-21-8-12-24(13-9-21)30-20(4)5)17-16-25(19(2)3)22-10-14-23(29-6)15-11-22/h8-15,19-20,25H,7,16-18H2,1-6H3/t25-/m1/s1. The topological polar surface area (TPSA) is 38.8 Å². The second-order valence-electron chi connectivity index (χ2n) is 8.39. The van der Waals surface area contributed by atoms with Crippen LogP contribution < -0.4 is 9.47 Å². The molecule has 0 aliphatic rings. The maximum absolute atomic E-state index is 12.6. The summed E-state index contributed by atoms with van der Waals surface area (Å²) in [6.07, 6.45) is 1.60. The van der Waals surface area contributed by atoms with Crippen LogP contribution in [0.5, 0.6) is 11.5 Å². The molecular formula is C26H37NO3. The third-order valence-electron chi connectivity index (χ3n) is 5.38. The van der Waals surface area contributed by atoms with Gasteiger partial charge in [0.1, 0.15) is 11.5 Å². The molecule has 4 nitrogen and oxygen atoms in total. The number of hydrogen-bond acceptors (Lipinski definition) is 3. The maximum Gasteiger partial charge on any atom is 0.222 e. The van der Waals surface area contributed by atoms with Crippen molar-refractivity contribution in [1.82, 2.24) is 4.90 Å². The van der Waals surface area contributed by atoms with Crippen molar-refractivity contribution in [2.45, 2.75) is 66.0 Å². The molecule has 1 atom stereocenters. The first-order chi connectivity index (χ1) is 14.3. The molecule has 30 heavy (non-hydrogen) atoms. The minimum atomic E-state index is 0.153. The van der Waals surface area contributed by atoms with Gasteiger partial charge in [-0.2, -0.15) is 0 Å². The molecular weight excluding hydrogens is 374 g/mol. The van der Waals surface area contributed by atoms with Crippen LogP contribution in [0.4, 0.5) is 0 Å². The molecule has 164 valence electrons. The van der Waals surface area contributed by atoms with Crippen molar-refractivity contribution in [2.24, 2.45) is 5.92 Å². The zero-order chi connectivity index (χ0) is 22.1. The first-order valence-corrected chi connectivity index (χ1v) is 11.0. The van der Waals surface area contributed by atoms with Gasteiger partial charge in [-0.1, -0.05) is 45.0 Å². The Kier molecular flexibility index (Phi) is 9.22. The van der Waals surface area contributed by atoms with Crippen LogP contribution in [-0.4, -0.2) is 30.6 Å². The molecule has 2 aromatic carbocycles. The number of carbonyl (C=O) groups is 1. The van der Waals surface area contributed by atoms with Crippen LogP contribution in [0.25, 0.3) is 0 Å². The summed E-state index contributed by atoms with van der Waals surface area (Å²) >= 11 is 0. The molecule has 1 amide bonds. The van der Waals surface area contributed by atoms with Gasteiger partial charge < -0.3 is 14.4 Å². The molecule has 0 aromatic heterocycles. The number of hydrogen-bond donors (Lipinski definition) is 0. The Hall–Kier alpha value is -2.49. The first-order valence-electron chi connectivity index (χ1n) is 11.0. The van der Waals surface area contributed by atoms with E-state index in [0.29, 0.717) is 24.8 Å². The van der Waals surface area contributed by atoms with Gasteiger partial charge in [-0.25, -0.2) is 0 Å².